The zero-order valence-corrected chi connectivity index (χ0v) is 23.8. The molecule has 0 unspecified atom stereocenters. The second kappa shape index (κ2) is 9.39. The van der Waals surface area contributed by atoms with Crippen LogP contribution in [0.4, 0.5) is 34.1 Å². The Balaban J connectivity index is 1.37. The lowest BCUT2D eigenvalue weighted by atomic mass is 9.73. The van der Waals surface area contributed by atoms with Gasteiger partial charge in [-0.15, -0.1) is 0 Å². The highest BCUT2D eigenvalue weighted by Crippen LogP contribution is 2.53. The number of aromatic amines is 1. The van der Waals surface area contributed by atoms with Gasteiger partial charge in [0.1, 0.15) is 0 Å². The van der Waals surface area contributed by atoms with Crippen LogP contribution in [-0.4, -0.2) is 4.98 Å². The van der Waals surface area contributed by atoms with Crippen molar-refractivity contribution in [2.75, 3.05) is 9.80 Å². The van der Waals surface area contributed by atoms with Crippen LogP contribution in [0.25, 0.3) is 21.8 Å². The second-order valence-electron chi connectivity index (χ2n) is 11.6. The molecule has 7 aromatic rings. The molecule has 0 atom stereocenters. The van der Waals surface area contributed by atoms with Gasteiger partial charge in [0.15, 0.2) is 0 Å². The third kappa shape index (κ3) is 3.74. The highest BCUT2D eigenvalue weighted by molar-refractivity contribution is 6.11. The van der Waals surface area contributed by atoms with Gasteiger partial charge in [-0.25, -0.2) is 0 Å². The Morgan fingerprint density at radius 1 is 0.500 bits per heavy atom. The number of hydrogen-bond donors (Lipinski definition) is 1. The summed E-state index contributed by atoms with van der Waals surface area (Å²) in [5, 5.41) is 2.44. The molecule has 0 spiro atoms. The number of benzene rings is 6. The van der Waals surface area contributed by atoms with Gasteiger partial charge in [0.25, 0.3) is 0 Å². The molecule has 0 amide bonds. The normalized spacial score (nSPS) is 13.6. The van der Waals surface area contributed by atoms with Crippen molar-refractivity contribution in [2.24, 2.45) is 0 Å². The Morgan fingerprint density at radius 3 is 1.79 bits per heavy atom. The molecule has 1 aromatic heterocycles. The monoisotopic (exact) mass is 541 g/mol. The fourth-order valence-corrected chi connectivity index (χ4v) is 6.68. The van der Waals surface area contributed by atoms with E-state index < -0.39 is 0 Å². The lowest BCUT2D eigenvalue weighted by Crippen LogP contribution is -2.30. The van der Waals surface area contributed by atoms with Gasteiger partial charge < -0.3 is 14.8 Å². The number of nitrogens with zero attached hydrogens (tertiary/aromatic N) is 2. The summed E-state index contributed by atoms with van der Waals surface area (Å²) in [6.07, 6.45) is 0. The molecule has 3 heteroatoms. The summed E-state index contributed by atoms with van der Waals surface area (Å²) in [6, 6.07) is 52.3. The quantitative estimate of drug-likeness (QED) is 0.239. The molecule has 202 valence electrons. The zero-order valence-electron chi connectivity index (χ0n) is 23.8. The summed E-state index contributed by atoms with van der Waals surface area (Å²) >= 11 is 0. The number of H-pyrrole nitrogens is 1. The Morgan fingerprint density at radius 2 is 1.10 bits per heavy atom. The average Bonchev–Trinajstić information content (AvgIpc) is 3.39. The minimum absolute atomic E-state index is 0.148. The molecule has 0 saturated heterocycles. The second-order valence-corrected chi connectivity index (χ2v) is 11.6. The van der Waals surface area contributed by atoms with Gasteiger partial charge in [0.05, 0.1) is 11.4 Å². The van der Waals surface area contributed by atoms with Gasteiger partial charge in [0, 0.05) is 50.0 Å². The van der Waals surface area contributed by atoms with Crippen molar-refractivity contribution in [3.05, 3.63) is 157 Å². The molecule has 0 radical (unpaired) electrons. The van der Waals surface area contributed by atoms with E-state index in [1.165, 1.54) is 39.0 Å². The van der Waals surface area contributed by atoms with Crippen LogP contribution in [0.5, 0.6) is 0 Å². The number of hydrogen-bond acceptors (Lipinski definition) is 2. The van der Waals surface area contributed by atoms with E-state index in [-0.39, 0.29) is 5.41 Å². The first-order valence-electron chi connectivity index (χ1n) is 14.5. The first-order valence-corrected chi connectivity index (χ1v) is 14.5. The highest BCUT2D eigenvalue weighted by atomic mass is 15.2. The topological polar surface area (TPSA) is 22.3 Å². The van der Waals surface area contributed by atoms with Crippen molar-refractivity contribution in [3.8, 4) is 0 Å². The lowest BCUT2D eigenvalue weighted by Gasteiger charge is -2.42. The van der Waals surface area contributed by atoms with E-state index in [9.17, 15) is 0 Å². The van der Waals surface area contributed by atoms with Gasteiger partial charge in [-0.3, -0.25) is 0 Å². The van der Waals surface area contributed by atoms with Crippen LogP contribution < -0.4 is 9.80 Å². The van der Waals surface area contributed by atoms with Crippen LogP contribution >= 0.6 is 0 Å². The van der Waals surface area contributed by atoms with E-state index in [0.29, 0.717) is 0 Å². The van der Waals surface area contributed by atoms with Crippen molar-refractivity contribution >= 4 is 55.9 Å². The van der Waals surface area contributed by atoms with Gasteiger partial charge in [-0.1, -0.05) is 86.6 Å². The molecule has 0 saturated carbocycles. The smallest absolute Gasteiger partial charge is 0.0510 e. The van der Waals surface area contributed by atoms with Crippen LogP contribution in [0.3, 0.4) is 0 Å². The van der Waals surface area contributed by atoms with E-state index in [2.05, 4.69) is 174 Å². The maximum Gasteiger partial charge on any atom is 0.0510 e. The highest BCUT2D eigenvalue weighted by Gasteiger charge is 2.37. The average molecular weight is 542 g/mol. The molecule has 42 heavy (non-hydrogen) atoms. The predicted molar refractivity (Wildman–Crippen MR) is 177 cm³/mol. The summed E-state index contributed by atoms with van der Waals surface area (Å²) in [5.74, 6) is 0. The molecule has 0 fully saturated rings. The summed E-state index contributed by atoms with van der Waals surface area (Å²) in [5.41, 5.74) is 11.8. The van der Waals surface area contributed by atoms with Crippen molar-refractivity contribution in [1.29, 1.82) is 0 Å². The van der Waals surface area contributed by atoms with E-state index in [1.807, 2.05) is 0 Å². The molecule has 1 N–H and O–H groups in total. The minimum atomic E-state index is -0.148. The van der Waals surface area contributed by atoms with Crippen molar-refractivity contribution in [2.45, 2.75) is 19.3 Å². The van der Waals surface area contributed by atoms with Crippen LogP contribution in [0, 0.1) is 0 Å². The summed E-state index contributed by atoms with van der Waals surface area (Å²) in [6.45, 7) is 4.69. The Bertz CT molecular complexity index is 2020. The fourth-order valence-electron chi connectivity index (χ4n) is 6.68. The Hall–Kier alpha value is -5.28. The van der Waals surface area contributed by atoms with Gasteiger partial charge in [0.2, 0.25) is 0 Å². The number of para-hydroxylation sites is 4. The Kier molecular flexibility index (Phi) is 5.48. The van der Waals surface area contributed by atoms with Crippen molar-refractivity contribution in [3.63, 3.8) is 0 Å². The van der Waals surface area contributed by atoms with E-state index in [4.69, 9.17) is 0 Å². The van der Waals surface area contributed by atoms with Crippen LogP contribution in [-0.2, 0) is 5.41 Å². The molecule has 0 aliphatic carbocycles. The molecule has 2 heterocycles. The largest absolute Gasteiger partial charge is 0.354 e. The fraction of sp³-hybridized carbons (Fsp3) is 0.0769. The zero-order chi connectivity index (χ0) is 28.3. The van der Waals surface area contributed by atoms with E-state index >= 15 is 0 Å². The van der Waals surface area contributed by atoms with Crippen LogP contribution in [0.2, 0.25) is 0 Å². The molecule has 0 bridgehead atoms. The van der Waals surface area contributed by atoms with Crippen LogP contribution in [0.15, 0.2) is 146 Å². The van der Waals surface area contributed by atoms with E-state index in [0.717, 1.165) is 28.1 Å². The van der Waals surface area contributed by atoms with E-state index in [1.54, 1.807) is 0 Å². The molecule has 8 rings (SSSR count). The SMILES string of the molecule is CC1(C)c2ccccc2N(c2ccccc2)c2cc3c(cc21)[nH]c1ccc(N(c2ccccc2)c2ccccc2)cc13. The first-order chi connectivity index (χ1) is 20.6. The van der Waals surface area contributed by atoms with Crippen LogP contribution in [0.1, 0.15) is 25.0 Å². The molecule has 1 aliphatic rings. The predicted octanol–water partition coefficient (Wildman–Crippen LogP) is 10.9. The van der Waals surface area contributed by atoms with Crippen molar-refractivity contribution in [1.82, 2.24) is 4.98 Å². The molecular weight excluding hydrogens is 510 g/mol. The third-order valence-electron chi connectivity index (χ3n) is 8.73. The number of anilines is 6. The maximum atomic E-state index is 3.75. The first kappa shape index (κ1) is 24.5. The van der Waals surface area contributed by atoms with Gasteiger partial charge in [-0.2, -0.15) is 0 Å². The lowest BCUT2D eigenvalue weighted by molar-refractivity contribution is 0.633. The molecule has 3 nitrogen and oxygen atoms in total. The molecule has 1 aliphatic heterocycles. The summed E-state index contributed by atoms with van der Waals surface area (Å²) in [4.78, 5) is 8.51. The summed E-state index contributed by atoms with van der Waals surface area (Å²) < 4.78 is 0. The standard InChI is InChI=1S/C39H31N3/c1-39(2)33-20-12-13-21-37(33)42(29-18-10-5-11-19-29)38-25-32-31-24-30(22-23-35(31)40-36(32)26-34(38)39)41(27-14-6-3-7-15-27)28-16-8-4-9-17-28/h3-26,40H,1-2H3. The number of fused-ring (bicyclic) bond motifs is 5. The molecular formula is C39H31N3. The third-order valence-corrected chi connectivity index (χ3v) is 8.73. The maximum absolute atomic E-state index is 3.75. The number of aromatic nitrogens is 1. The van der Waals surface area contributed by atoms with Gasteiger partial charge >= 0.3 is 0 Å². The van der Waals surface area contributed by atoms with Gasteiger partial charge in [-0.05, 0) is 83.9 Å². The summed E-state index contributed by atoms with van der Waals surface area (Å²) in [7, 11) is 0. The molecule has 6 aromatic carbocycles. The van der Waals surface area contributed by atoms with Crippen molar-refractivity contribution < 1.29 is 0 Å². The number of nitrogens with one attached hydrogen (secondary N) is 1. The minimum Gasteiger partial charge on any atom is -0.354 e. The Labute approximate surface area is 246 Å². The number of rotatable bonds is 4.